The minimum atomic E-state index is -0.510. The van der Waals surface area contributed by atoms with Gasteiger partial charge in [-0.15, -0.1) is 0 Å². The molecular weight excluding hydrogens is 254 g/mol. The van der Waals surface area contributed by atoms with E-state index in [2.05, 4.69) is 0 Å². The summed E-state index contributed by atoms with van der Waals surface area (Å²) in [6.07, 6.45) is 0. The largest absolute Gasteiger partial charge is 0.289 e. The van der Waals surface area contributed by atoms with E-state index in [9.17, 15) is 14.9 Å². The molecule has 0 radical (unpaired) electrons. The zero-order chi connectivity index (χ0) is 13.1. The van der Waals surface area contributed by atoms with Crippen molar-refractivity contribution in [1.29, 1.82) is 0 Å². The molecule has 0 bridgehead atoms. The van der Waals surface area contributed by atoms with Crippen molar-refractivity contribution in [3.8, 4) is 0 Å². The lowest BCUT2D eigenvalue weighted by molar-refractivity contribution is -0.384. The number of ketones is 1. The summed E-state index contributed by atoms with van der Waals surface area (Å²) in [6.45, 7) is 0. The van der Waals surface area contributed by atoms with Crippen LogP contribution in [0.25, 0.3) is 0 Å². The van der Waals surface area contributed by atoms with Crippen molar-refractivity contribution in [3.63, 3.8) is 0 Å². The molecule has 2 aromatic rings. The second-order valence-corrected chi connectivity index (χ2v) is 4.02. The van der Waals surface area contributed by atoms with E-state index in [0.29, 0.717) is 16.1 Å². The van der Waals surface area contributed by atoms with Gasteiger partial charge in [-0.25, -0.2) is 0 Å². The number of carbonyl (C=O) groups excluding carboxylic acids is 1. The molecule has 2 aromatic carbocycles. The van der Waals surface area contributed by atoms with Gasteiger partial charge >= 0.3 is 0 Å². The van der Waals surface area contributed by atoms with Crippen LogP contribution in [-0.2, 0) is 0 Å². The summed E-state index contributed by atoms with van der Waals surface area (Å²) < 4.78 is 0. The number of hydrogen-bond donors (Lipinski definition) is 0. The Morgan fingerprint density at radius 3 is 2.22 bits per heavy atom. The number of rotatable bonds is 3. The summed E-state index contributed by atoms with van der Waals surface area (Å²) in [5, 5.41) is 10.9. The van der Waals surface area contributed by atoms with E-state index in [1.54, 1.807) is 24.3 Å². The van der Waals surface area contributed by atoms with Gasteiger partial charge in [-0.3, -0.25) is 14.9 Å². The van der Waals surface area contributed by atoms with Gasteiger partial charge < -0.3 is 0 Å². The van der Waals surface area contributed by atoms with Crippen LogP contribution in [0.15, 0.2) is 48.5 Å². The Balaban J connectivity index is 2.35. The van der Waals surface area contributed by atoms with E-state index in [0.717, 1.165) is 0 Å². The number of hydrogen-bond acceptors (Lipinski definition) is 3. The summed E-state index contributed by atoms with van der Waals surface area (Å²) in [4.78, 5) is 22.1. The third-order valence-electron chi connectivity index (χ3n) is 2.46. The lowest BCUT2D eigenvalue weighted by Crippen LogP contribution is -2.02. The van der Waals surface area contributed by atoms with Gasteiger partial charge in [0.2, 0.25) is 0 Å². The van der Waals surface area contributed by atoms with E-state index in [-0.39, 0.29) is 11.5 Å². The number of nitro benzene ring substituents is 1. The first kappa shape index (κ1) is 12.3. The Morgan fingerprint density at radius 2 is 1.67 bits per heavy atom. The fourth-order valence-electron chi connectivity index (χ4n) is 1.54. The summed E-state index contributed by atoms with van der Waals surface area (Å²) in [6, 6.07) is 12.1. The average molecular weight is 262 g/mol. The first-order valence-corrected chi connectivity index (χ1v) is 5.51. The second kappa shape index (κ2) is 4.98. The number of nitrogens with zero attached hydrogens (tertiary/aromatic N) is 1. The van der Waals surface area contributed by atoms with Gasteiger partial charge in [0.05, 0.1) is 9.95 Å². The molecule has 0 fully saturated rings. The van der Waals surface area contributed by atoms with Gasteiger partial charge in [0.25, 0.3) is 5.69 Å². The van der Waals surface area contributed by atoms with Crippen LogP contribution in [0, 0.1) is 10.1 Å². The summed E-state index contributed by atoms with van der Waals surface area (Å²) in [5.41, 5.74) is 0.701. The number of benzene rings is 2. The van der Waals surface area contributed by atoms with Crippen molar-refractivity contribution in [2.45, 2.75) is 0 Å². The van der Waals surface area contributed by atoms with E-state index >= 15 is 0 Å². The first-order valence-electron chi connectivity index (χ1n) is 5.13. The van der Waals surface area contributed by atoms with Crippen molar-refractivity contribution in [2.75, 3.05) is 0 Å². The molecule has 2 rings (SSSR count). The monoisotopic (exact) mass is 261 g/mol. The van der Waals surface area contributed by atoms with Crippen LogP contribution in [0.5, 0.6) is 0 Å². The van der Waals surface area contributed by atoms with Gasteiger partial charge in [0.15, 0.2) is 5.78 Å². The zero-order valence-electron chi connectivity index (χ0n) is 9.17. The topological polar surface area (TPSA) is 60.2 Å². The second-order valence-electron chi connectivity index (χ2n) is 3.61. The third-order valence-corrected chi connectivity index (χ3v) is 2.79. The molecule has 18 heavy (non-hydrogen) atoms. The lowest BCUT2D eigenvalue weighted by atomic mass is 10.0. The van der Waals surface area contributed by atoms with Gasteiger partial charge in [0, 0.05) is 23.3 Å². The van der Waals surface area contributed by atoms with Gasteiger partial charge in [-0.2, -0.15) is 0 Å². The zero-order valence-corrected chi connectivity index (χ0v) is 9.92. The van der Waals surface area contributed by atoms with Crippen LogP contribution < -0.4 is 0 Å². The Morgan fingerprint density at radius 1 is 1.06 bits per heavy atom. The number of non-ortho nitro benzene ring substituents is 1. The van der Waals surface area contributed by atoms with E-state index < -0.39 is 4.92 Å². The predicted molar refractivity (Wildman–Crippen MR) is 68.0 cm³/mol. The molecule has 0 saturated carbocycles. The average Bonchev–Trinajstić information content (AvgIpc) is 2.38. The van der Waals surface area contributed by atoms with Crippen molar-refractivity contribution in [3.05, 3.63) is 74.8 Å². The van der Waals surface area contributed by atoms with Crippen LogP contribution in [-0.4, -0.2) is 10.7 Å². The molecule has 0 heterocycles. The highest BCUT2D eigenvalue weighted by Crippen LogP contribution is 2.20. The molecule has 0 aliphatic rings. The number of carbonyl (C=O) groups is 1. The molecule has 0 N–H and O–H groups in total. The Hall–Kier alpha value is -2.20. The molecule has 4 nitrogen and oxygen atoms in total. The highest BCUT2D eigenvalue weighted by Gasteiger charge is 2.13. The maximum absolute atomic E-state index is 12.1. The maximum Gasteiger partial charge on any atom is 0.269 e. The Labute approximate surface area is 108 Å². The van der Waals surface area contributed by atoms with Gasteiger partial charge in [0.1, 0.15) is 0 Å². The molecule has 90 valence electrons. The highest BCUT2D eigenvalue weighted by atomic mass is 35.5. The van der Waals surface area contributed by atoms with Crippen molar-refractivity contribution in [1.82, 2.24) is 0 Å². The number of halogens is 1. The molecule has 0 unspecified atom stereocenters. The minimum Gasteiger partial charge on any atom is -0.289 e. The van der Waals surface area contributed by atoms with E-state index in [4.69, 9.17) is 11.6 Å². The third kappa shape index (κ3) is 2.38. The molecule has 0 aliphatic heterocycles. The standard InChI is InChI=1S/C13H8ClNO3/c14-12-4-2-1-3-11(12)13(16)9-5-7-10(8-6-9)15(17)18/h1-8H. The summed E-state index contributed by atoms with van der Waals surface area (Å²) >= 11 is 5.92. The Bertz CT molecular complexity index is 608. The lowest BCUT2D eigenvalue weighted by Gasteiger charge is -2.02. The molecule has 0 aromatic heterocycles. The van der Waals surface area contributed by atoms with Crippen LogP contribution in [0.3, 0.4) is 0 Å². The molecule has 0 spiro atoms. The molecule has 0 atom stereocenters. The minimum absolute atomic E-state index is 0.0503. The maximum atomic E-state index is 12.1. The normalized spacial score (nSPS) is 10.1. The first-order chi connectivity index (χ1) is 8.59. The quantitative estimate of drug-likeness (QED) is 0.483. The van der Waals surface area contributed by atoms with Gasteiger partial charge in [-0.1, -0.05) is 23.7 Å². The smallest absolute Gasteiger partial charge is 0.269 e. The SMILES string of the molecule is O=C(c1ccc([N+](=O)[O-])cc1)c1ccccc1Cl. The number of nitro groups is 1. The van der Waals surface area contributed by atoms with Crippen molar-refractivity contribution >= 4 is 23.1 Å². The predicted octanol–water partition coefficient (Wildman–Crippen LogP) is 3.48. The highest BCUT2D eigenvalue weighted by molar-refractivity contribution is 6.34. The summed E-state index contributed by atoms with van der Waals surface area (Å²) in [5.74, 6) is -0.254. The Kier molecular flexibility index (Phi) is 3.39. The van der Waals surface area contributed by atoms with Crippen LogP contribution >= 0.6 is 11.6 Å². The molecule has 0 amide bonds. The fourth-order valence-corrected chi connectivity index (χ4v) is 1.76. The van der Waals surface area contributed by atoms with Crippen molar-refractivity contribution < 1.29 is 9.72 Å². The molecule has 0 saturated heterocycles. The van der Waals surface area contributed by atoms with E-state index in [1.807, 2.05) is 0 Å². The van der Waals surface area contributed by atoms with Crippen LogP contribution in [0.1, 0.15) is 15.9 Å². The summed E-state index contributed by atoms with van der Waals surface area (Å²) in [7, 11) is 0. The molecular formula is C13H8ClNO3. The van der Waals surface area contributed by atoms with E-state index in [1.165, 1.54) is 24.3 Å². The van der Waals surface area contributed by atoms with Gasteiger partial charge in [-0.05, 0) is 24.3 Å². The fraction of sp³-hybridized carbons (Fsp3) is 0. The van der Waals surface area contributed by atoms with Crippen LogP contribution in [0.2, 0.25) is 5.02 Å². The molecule has 5 heteroatoms. The molecule has 0 aliphatic carbocycles. The van der Waals surface area contributed by atoms with Crippen molar-refractivity contribution in [2.24, 2.45) is 0 Å². The van der Waals surface area contributed by atoms with Crippen LogP contribution in [0.4, 0.5) is 5.69 Å².